The molecule has 1 aliphatic heterocycles. The lowest BCUT2D eigenvalue weighted by atomic mass is 9.91. The SMILES string of the molecule is CCOc1cncc(C(N)C2OCCc3ccccc32)c1. The molecule has 3 rings (SSSR count). The number of fused-ring (bicyclic) bond motifs is 1. The first kappa shape index (κ1) is 14.0. The third-order valence-electron chi connectivity index (χ3n) is 3.79. The van der Waals surface area contributed by atoms with E-state index in [0.29, 0.717) is 13.2 Å². The van der Waals surface area contributed by atoms with Crippen molar-refractivity contribution in [2.75, 3.05) is 13.2 Å². The maximum absolute atomic E-state index is 6.43. The maximum Gasteiger partial charge on any atom is 0.137 e. The summed E-state index contributed by atoms with van der Waals surface area (Å²) in [5, 5.41) is 0. The van der Waals surface area contributed by atoms with Crippen LogP contribution in [0.15, 0.2) is 42.7 Å². The average molecular weight is 284 g/mol. The molecule has 0 spiro atoms. The molecule has 0 fully saturated rings. The summed E-state index contributed by atoms with van der Waals surface area (Å²) in [7, 11) is 0. The zero-order valence-electron chi connectivity index (χ0n) is 12.2. The van der Waals surface area contributed by atoms with Crippen molar-refractivity contribution >= 4 is 0 Å². The van der Waals surface area contributed by atoms with Gasteiger partial charge in [-0.25, -0.2) is 0 Å². The van der Waals surface area contributed by atoms with E-state index in [-0.39, 0.29) is 12.1 Å². The Hall–Kier alpha value is -1.91. The Balaban J connectivity index is 1.89. The van der Waals surface area contributed by atoms with Crippen molar-refractivity contribution in [1.29, 1.82) is 0 Å². The molecule has 2 atom stereocenters. The zero-order valence-corrected chi connectivity index (χ0v) is 12.2. The molecule has 0 bridgehead atoms. The number of nitrogens with zero attached hydrogens (tertiary/aromatic N) is 1. The molecule has 2 unspecified atom stereocenters. The van der Waals surface area contributed by atoms with Crippen LogP contribution < -0.4 is 10.5 Å². The van der Waals surface area contributed by atoms with Crippen molar-refractivity contribution in [2.24, 2.45) is 5.73 Å². The number of rotatable bonds is 4. The third kappa shape index (κ3) is 2.91. The monoisotopic (exact) mass is 284 g/mol. The van der Waals surface area contributed by atoms with Gasteiger partial charge in [0.1, 0.15) is 11.9 Å². The third-order valence-corrected chi connectivity index (χ3v) is 3.79. The fraction of sp³-hybridized carbons (Fsp3) is 0.353. The molecule has 1 aromatic heterocycles. The maximum atomic E-state index is 6.43. The van der Waals surface area contributed by atoms with Crippen LogP contribution in [-0.2, 0) is 11.2 Å². The summed E-state index contributed by atoms with van der Waals surface area (Å²) in [6.07, 6.45) is 4.30. The summed E-state index contributed by atoms with van der Waals surface area (Å²) in [4.78, 5) is 4.21. The number of nitrogens with two attached hydrogens (primary N) is 1. The lowest BCUT2D eigenvalue weighted by Gasteiger charge is -2.30. The minimum Gasteiger partial charge on any atom is -0.492 e. The Morgan fingerprint density at radius 1 is 1.38 bits per heavy atom. The zero-order chi connectivity index (χ0) is 14.7. The first-order valence-electron chi connectivity index (χ1n) is 7.32. The highest BCUT2D eigenvalue weighted by Crippen LogP contribution is 2.35. The van der Waals surface area contributed by atoms with Crippen molar-refractivity contribution in [3.05, 3.63) is 59.4 Å². The number of ether oxygens (including phenoxy) is 2. The molecule has 2 aromatic rings. The largest absolute Gasteiger partial charge is 0.492 e. The summed E-state index contributed by atoms with van der Waals surface area (Å²) in [6.45, 7) is 3.27. The summed E-state index contributed by atoms with van der Waals surface area (Å²) in [6, 6.07) is 10.0. The fourth-order valence-electron chi connectivity index (χ4n) is 2.76. The molecule has 0 saturated heterocycles. The van der Waals surface area contributed by atoms with Gasteiger partial charge in [0.25, 0.3) is 0 Å². The van der Waals surface area contributed by atoms with Crippen LogP contribution in [0.2, 0.25) is 0 Å². The van der Waals surface area contributed by atoms with E-state index in [1.165, 1.54) is 11.1 Å². The van der Waals surface area contributed by atoms with Gasteiger partial charge in [0.2, 0.25) is 0 Å². The van der Waals surface area contributed by atoms with Gasteiger partial charge >= 0.3 is 0 Å². The molecular formula is C17H20N2O2. The topological polar surface area (TPSA) is 57.4 Å². The van der Waals surface area contributed by atoms with Gasteiger partial charge in [-0.2, -0.15) is 0 Å². The highest BCUT2D eigenvalue weighted by atomic mass is 16.5. The standard InChI is InChI=1S/C17H20N2O2/c1-2-20-14-9-13(10-19-11-14)16(18)17-15-6-4-3-5-12(15)7-8-21-17/h3-6,9-11,16-17H,2,7-8,18H2,1H3. The van der Waals surface area contributed by atoms with Crippen molar-refractivity contribution in [2.45, 2.75) is 25.5 Å². The van der Waals surface area contributed by atoms with Gasteiger partial charge in [-0.15, -0.1) is 0 Å². The van der Waals surface area contributed by atoms with Crippen molar-refractivity contribution in [3.8, 4) is 5.75 Å². The Kier molecular flexibility index (Phi) is 4.18. The van der Waals surface area contributed by atoms with Gasteiger partial charge in [0.05, 0.1) is 25.5 Å². The first-order chi connectivity index (χ1) is 10.3. The van der Waals surface area contributed by atoms with E-state index in [0.717, 1.165) is 17.7 Å². The van der Waals surface area contributed by atoms with Gasteiger partial charge in [-0.05, 0) is 36.1 Å². The number of pyridine rings is 1. The number of benzene rings is 1. The normalized spacial score (nSPS) is 18.9. The molecule has 2 heterocycles. The molecule has 21 heavy (non-hydrogen) atoms. The van der Waals surface area contributed by atoms with Crippen LogP contribution in [0.5, 0.6) is 5.75 Å². The van der Waals surface area contributed by atoms with E-state index < -0.39 is 0 Å². The summed E-state index contributed by atoms with van der Waals surface area (Å²) >= 11 is 0. The van der Waals surface area contributed by atoms with Gasteiger partial charge in [-0.1, -0.05) is 24.3 Å². The molecule has 0 saturated carbocycles. The molecule has 4 nitrogen and oxygen atoms in total. The molecule has 2 N–H and O–H groups in total. The molecule has 0 amide bonds. The van der Waals surface area contributed by atoms with E-state index in [1.54, 1.807) is 12.4 Å². The van der Waals surface area contributed by atoms with E-state index in [1.807, 2.05) is 19.1 Å². The minimum atomic E-state index is -0.251. The predicted molar refractivity (Wildman–Crippen MR) is 81.2 cm³/mol. The minimum absolute atomic E-state index is 0.131. The molecule has 0 aliphatic carbocycles. The van der Waals surface area contributed by atoms with Crippen molar-refractivity contribution < 1.29 is 9.47 Å². The lowest BCUT2D eigenvalue weighted by molar-refractivity contribution is 0.0240. The van der Waals surface area contributed by atoms with Gasteiger partial charge < -0.3 is 15.2 Å². The van der Waals surface area contributed by atoms with Crippen LogP contribution in [0.3, 0.4) is 0 Å². The molecule has 110 valence electrons. The second-order valence-electron chi connectivity index (χ2n) is 5.15. The highest BCUT2D eigenvalue weighted by Gasteiger charge is 2.27. The van der Waals surface area contributed by atoms with E-state index in [2.05, 4.69) is 23.2 Å². The fourth-order valence-corrected chi connectivity index (χ4v) is 2.76. The lowest BCUT2D eigenvalue weighted by Crippen LogP contribution is -2.27. The van der Waals surface area contributed by atoms with E-state index in [9.17, 15) is 0 Å². The average Bonchev–Trinajstić information content (AvgIpc) is 2.54. The van der Waals surface area contributed by atoms with E-state index in [4.69, 9.17) is 15.2 Å². The highest BCUT2D eigenvalue weighted by molar-refractivity contribution is 5.35. The van der Waals surface area contributed by atoms with Crippen LogP contribution >= 0.6 is 0 Å². The van der Waals surface area contributed by atoms with E-state index >= 15 is 0 Å². The smallest absolute Gasteiger partial charge is 0.137 e. The quantitative estimate of drug-likeness (QED) is 0.938. The number of hydrogen-bond acceptors (Lipinski definition) is 4. The van der Waals surface area contributed by atoms with Gasteiger partial charge in [0.15, 0.2) is 0 Å². The predicted octanol–water partition coefficient (Wildman–Crippen LogP) is 2.79. The first-order valence-corrected chi connectivity index (χ1v) is 7.32. The number of hydrogen-bond donors (Lipinski definition) is 1. The second-order valence-corrected chi connectivity index (χ2v) is 5.15. The van der Waals surface area contributed by atoms with Crippen molar-refractivity contribution in [3.63, 3.8) is 0 Å². The van der Waals surface area contributed by atoms with Crippen LogP contribution in [0.4, 0.5) is 0 Å². The van der Waals surface area contributed by atoms with Crippen LogP contribution in [0.1, 0.15) is 35.8 Å². The number of aromatic nitrogens is 1. The Morgan fingerprint density at radius 3 is 3.10 bits per heavy atom. The summed E-state index contributed by atoms with van der Waals surface area (Å²) in [5.74, 6) is 0.745. The van der Waals surface area contributed by atoms with Crippen LogP contribution in [0.25, 0.3) is 0 Å². The molecule has 0 radical (unpaired) electrons. The van der Waals surface area contributed by atoms with Crippen LogP contribution in [0, 0.1) is 0 Å². The molecule has 1 aromatic carbocycles. The Labute approximate surface area is 124 Å². The molecular weight excluding hydrogens is 264 g/mol. The Bertz CT molecular complexity index is 615. The summed E-state index contributed by atoms with van der Waals surface area (Å²) in [5.41, 5.74) is 9.86. The van der Waals surface area contributed by atoms with Gasteiger partial charge in [-0.3, -0.25) is 4.98 Å². The van der Waals surface area contributed by atoms with Crippen LogP contribution in [-0.4, -0.2) is 18.2 Å². The second kappa shape index (κ2) is 6.24. The molecule has 1 aliphatic rings. The molecule has 4 heteroatoms. The Morgan fingerprint density at radius 2 is 2.24 bits per heavy atom. The van der Waals surface area contributed by atoms with Crippen molar-refractivity contribution in [1.82, 2.24) is 4.98 Å². The summed E-state index contributed by atoms with van der Waals surface area (Å²) < 4.78 is 11.4. The van der Waals surface area contributed by atoms with Gasteiger partial charge in [0, 0.05) is 6.20 Å².